The molecule has 0 aromatic heterocycles. The SMILES string of the molecule is CC(O)CCN(C)CCOc1ccc(CC(N)=S)cc1. The molecule has 0 heterocycles. The van der Waals surface area contributed by atoms with Gasteiger partial charge in [-0.2, -0.15) is 0 Å². The maximum Gasteiger partial charge on any atom is 0.119 e. The predicted molar refractivity (Wildman–Crippen MR) is 86.2 cm³/mol. The van der Waals surface area contributed by atoms with Gasteiger partial charge in [-0.05, 0) is 38.1 Å². The fourth-order valence-corrected chi connectivity index (χ4v) is 1.91. The summed E-state index contributed by atoms with van der Waals surface area (Å²) in [6, 6.07) is 7.82. The van der Waals surface area contributed by atoms with Crippen LogP contribution in [0.15, 0.2) is 24.3 Å². The van der Waals surface area contributed by atoms with E-state index in [1.165, 1.54) is 0 Å². The summed E-state index contributed by atoms with van der Waals surface area (Å²) in [5, 5.41) is 9.22. The highest BCUT2D eigenvalue weighted by Crippen LogP contribution is 2.12. The van der Waals surface area contributed by atoms with E-state index >= 15 is 0 Å². The van der Waals surface area contributed by atoms with Crippen molar-refractivity contribution >= 4 is 17.2 Å². The van der Waals surface area contributed by atoms with Crippen LogP contribution in [0.25, 0.3) is 0 Å². The third kappa shape index (κ3) is 7.43. The lowest BCUT2D eigenvalue weighted by molar-refractivity contribution is 0.157. The molecule has 0 spiro atoms. The van der Waals surface area contributed by atoms with Crippen molar-refractivity contribution < 1.29 is 9.84 Å². The monoisotopic (exact) mass is 296 g/mol. The van der Waals surface area contributed by atoms with Crippen molar-refractivity contribution in [3.05, 3.63) is 29.8 Å². The topological polar surface area (TPSA) is 58.7 Å². The molecule has 112 valence electrons. The first-order valence-corrected chi connectivity index (χ1v) is 7.25. The number of likely N-dealkylation sites (N-methyl/N-ethyl adjacent to an activating group) is 1. The molecule has 0 aliphatic rings. The van der Waals surface area contributed by atoms with Crippen LogP contribution in [-0.2, 0) is 6.42 Å². The Bertz CT molecular complexity index is 407. The molecule has 4 nitrogen and oxygen atoms in total. The number of thiocarbonyl (C=S) groups is 1. The third-order valence-corrected chi connectivity index (χ3v) is 3.12. The summed E-state index contributed by atoms with van der Waals surface area (Å²) in [5.74, 6) is 0.848. The van der Waals surface area contributed by atoms with E-state index in [0.717, 1.165) is 30.8 Å². The van der Waals surface area contributed by atoms with Crippen LogP contribution in [0, 0.1) is 0 Å². The van der Waals surface area contributed by atoms with Gasteiger partial charge in [-0.3, -0.25) is 0 Å². The van der Waals surface area contributed by atoms with Gasteiger partial charge in [-0.1, -0.05) is 24.4 Å². The molecule has 1 rings (SSSR count). The molecule has 1 atom stereocenters. The molecule has 5 heteroatoms. The second-order valence-electron chi connectivity index (χ2n) is 5.08. The zero-order chi connectivity index (χ0) is 15.0. The average molecular weight is 296 g/mol. The van der Waals surface area contributed by atoms with Gasteiger partial charge in [0.2, 0.25) is 0 Å². The maximum absolute atomic E-state index is 9.22. The molecule has 0 aliphatic carbocycles. The minimum atomic E-state index is -0.250. The lowest BCUT2D eigenvalue weighted by Crippen LogP contribution is -2.27. The van der Waals surface area contributed by atoms with E-state index in [1.807, 2.05) is 31.3 Å². The van der Waals surface area contributed by atoms with Crippen molar-refractivity contribution in [2.75, 3.05) is 26.7 Å². The predicted octanol–water partition coefficient (Wildman–Crippen LogP) is 1.60. The van der Waals surface area contributed by atoms with E-state index in [2.05, 4.69) is 4.90 Å². The summed E-state index contributed by atoms with van der Waals surface area (Å²) in [4.78, 5) is 2.65. The van der Waals surface area contributed by atoms with Crippen molar-refractivity contribution in [2.45, 2.75) is 25.9 Å². The normalized spacial score (nSPS) is 12.4. The maximum atomic E-state index is 9.22. The Morgan fingerprint density at radius 3 is 2.55 bits per heavy atom. The van der Waals surface area contributed by atoms with E-state index < -0.39 is 0 Å². The molecule has 3 N–H and O–H groups in total. The Balaban J connectivity index is 2.26. The zero-order valence-electron chi connectivity index (χ0n) is 12.2. The van der Waals surface area contributed by atoms with E-state index in [4.69, 9.17) is 22.7 Å². The minimum absolute atomic E-state index is 0.250. The summed E-state index contributed by atoms with van der Waals surface area (Å²) in [6.07, 6.45) is 1.15. The van der Waals surface area contributed by atoms with Crippen LogP contribution in [0.4, 0.5) is 0 Å². The molecule has 0 amide bonds. The van der Waals surface area contributed by atoms with Crippen LogP contribution in [0.3, 0.4) is 0 Å². The number of ether oxygens (including phenoxy) is 1. The Kier molecular flexibility index (Phi) is 7.51. The van der Waals surface area contributed by atoms with Crippen LogP contribution in [0.2, 0.25) is 0 Å². The highest BCUT2D eigenvalue weighted by atomic mass is 32.1. The quantitative estimate of drug-likeness (QED) is 0.678. The van der Waals surface area contributed by atoms with Crippen molar-refractivity contribution in [3.8, 4) is 5.75 Å². The van der Waals surface area contributed by atoms with Crippen molar-refractivity contribution in [1.82, 2.24) is 4.90 Å². The van der Waals surface area contributed by atoms with E-state index in [9.17, 15) is 5.11 Å². The van der Waals surface area contributed by atoms with Gasteiger partial charge in [0.05, 0.1) is 11.1 Å². The highest BCUT2D eigenvalue weighted by Gasteiger charge is 2.02. The molecule has 0 saturated carbocycles. The summed E-state index contributed by atoms with van der Waals surface area (Å²) in [5.41, 5.74) is 6.60. The molecule has 20 heavy (non-hydrogen) atoms. The molecule has 0 fully saturated rings. The number of rotatable bonds is 9. The van der Waals surface area contributed by atoms with Gasteiger partial charge in [0.1, 0.15) is 12.4 Å². The number of aliphatic hydroxyl groups is 1. The van der Waals surface area contributed by atoms with Gasteiger partial charge in [0.25, 0.3) is 0 Å². The molecule has 1 aromatic carbocycles. The van der Waals surface area contributed by atoms with Crippen molar-refractivity contribution in [2.24, 2.45) is 5.73 Å². The number of hydrogen-bond donors (Lipinski definition) is 2. The van der Waals surface area contributed by atoms with Crippen LogP contribution in [0.5, 0.6) is 5.75 Å². The van der Waals surface area contributed by atoms with E-state index in [0.29, 0.717) is 18.0 Å². The molecule has 0 bridgehead atoms. The summed E-state index contributed by atoms with van der Waals surface area (Å²) in [7, 11) is 2.02. The van der Waals surface area contributed by atoms with Gasteiger partial charge >= 0.3 is 0 Å². The third-order valence-electron chi connectivity index (χ3n) is 2.97. The van der Waals surface area contributed by atoms with Crippen molar-refractivity contribution in [1.29, 1.82) is 0 Å². The Morgan fingerprint density at radius 1 is 1.35 bits per heavy atom. The largest absolute Gasteiger partial charge is 0.492 e. The fraction of sp³-hybridized carbons (Fsp3) is 0.533. The molecule has 0 radical (unpaired) electrons. The number of benzene rings is 1. The first-order valence-electron chi connectivity index (χ1n) is 6.84. The standard InChI is InChI=1S/C15H24N2O2S/c1-12(18)7-8-17(2)9-10-19-14-5-3-13(4-6-14)11-15(16)20/h3-6,12,18H,7-11H2,1-2H3,(H2,16,20). The smallest absolute Gasteiger partial charge is 0.119 e. The lowest BCUT2D eigenvalue weighted by Gasteiger charge is -2.17. The first kappa shape index (κ1) is 16.9. The average Bonchev–Trinajstić information content (AvgIpc) is 2.38. The fourth-order valence-electron chi connectivity index (χ4n) is 1.74. The first-order chi connectivity index (χ1) is 9.47. The van der Waals surface area contributed by atoms with Crippen LogP contribution in [-0.4, -0.2) is 47.8 Å². The van der Waals surface area contributed by atoms with Crippen molar-refractivity contribution in [3.63, 3.8) is 0 Å². The Morgan fingerprint density at radius 2 is 2.00 bits per heavy atom. The Labute approximate surface area is 126 Å². The molecule has 0 saturated heterocycles. The minimum Gasteiger partial charge on any atom is -0.492 e. The van der Waals surface area contributed by atoms with Gasteiger partial charge < -0.3 is 20.5 Å². The number of hydrogen-bond acceptors (Lipinski definition) is 4. The van der Waals surface area contributed by atoms with Crippen LogP contribution >= 0.6 is 12.2 Å². The number of nitrogens with zero attached hydrogens (tertiary/aromatic N) is 1. The molecule has 0 aliphatic heterocycles. The molecule has 1 aromatic rings. The lowest BCUT2D eigenvalue weighted by atomic mass is 10.1. The second-order valence-corrected chi connectivity index (χ2v) is 5.60. The second kappa shape index (κ2) is 8.89. The van der Waals surface area contributed by atoms with Gasteiger partial charge in [0.15, 0.2) is 0 Å². The number of aliphatic hydroxyl groups excluding tert-OH is 1. The van der Waals surface area contributed by atoms with Gasteiger partial charge in [-0.25, -0.2) is 0 Å². The summed E-state index contributed by atoms with van der Waals surface area (Å²) < 4.78 is 5.68. The van der Waals surface area contributed by atoms with Crippen LogP contribution in [0.1, 0.15) is 18.9 Å². The van der Waals surface area contributed by atoms with Crippen LogP contribution < -0.4 is 10.5 Å². The van der Waals surface area contributed by atoms with Gasteiger partial charge in [0, 0.05) is 19.5 Å². The zero-order valence-corrected chi connectivity index (χ0v) is 13.0. The molecule has 1 unspecified atom stereocenters. The van der Waals surface area contributed by atoms with E-state index in [-0.39, 0.29) is 6.10 Å². The Hall–Kier alpha value is -1.17. The van der Waals surface area contributed by atoms with E-state index in [1.54, 1.807) is 6.92 Å². The summed E-state index contributed by atoms with van der Waals surface area (Å²) in [6.45, 7) is 4.14. The number of nitrogens with two attached hydrogens (primary N) is 1. The molecular weight excluding hydrogens is 272 g/mol. The van der Waals surface area contributed by atoms with Gasteiger partial charge in [-0.15, -0.1) is 0 Å². The molecular formula is C15H24N2O2S. The highest BCUT2D eigenvalue weighted by molar-refractivity contribution is 7.80. The summed E-state index contributed by atoms with van der Waals surface area (Å²) >= 11 is 4.88.